The van der Waals surface area contributed by atoms with Crippen LogP contribution in [0.25, 0.3) is 0 Å². The second kappa shape index (κ2) is 5.53. The number of rotatable bonds is 3. The van der Waals surface area contributed by atoms with Gasteiger partial charge in [0, 0.05) is 18.0 Å². The maximum absolute atomic E-state index is 12.8. The number of H-pyrrole nitrogens is 1. The van der Waals surface area contributed by atoms with E-state index in [0.717, 1.165) is 43.6 Å². The summed E-state index contributed by atoms with van der Waals surface area (Å²) >= 11 is 0. The molecule has 4 heteroatoms. The molecule has 19 heavy (non-hydrogen) atoms. The van der Waals surface area contributed by atoms with Gasteiger partial charge in [0.25, 0.3) is 0 Å². The zero-order chi connectivity index (χ0) is 13.1. The largest absolute Gasteiger partial charge is 0.317 e. The van der Waals surface area contributed by atoms with E-state index in [1.165, 1.54) is 17.8 Å². The average molecular weight is 259 g/mol. The number of nitrogens with one attached hydrogen (secondary N) is 2. The van der Waals surface area contributed by atoms with Gasteiger partial charge in [-0.05, 0) is 49.7 Å². The van der Waals surface area contributed by atoms with Crippen molar-refractivity contribution in [2.45, 2.75) is 25.2 Å². The lowest BCUT2D eigenvalue weighted by Crippen LogP contribution is -2.26. The predicted octanol–water partition coefficient (Wildman–Crippen LogP) is 2.61. The van der Waals surface area contributed by atoms with Crippen LogP contribution in [-0.4, -0.2) is 23.3 Å². The first kappa shape index (κ1) is 12.4. The second-order valence-electron chi connectivity index (χ2n) is 5.15. The van der Waals surface area contributed by atoms with Crippen LogP contribution in [-0.2, 0) is 6.42 Å². The summed E-state index contributed by atoms with van der Waals surface area (Å²) in [5.74, 6) is 0.378. The molecule has 2 N–H and O–H groups in total. The Morgan fingerprint density at radius 3 is 2.63 bits per heavy atom. The van der Waals surface area contributed by atoms with Gasteiger partial charge in [-0.25, -0.2) is 4.39 Å². The molecule has 0 saturated carbocycles. The number of aromatic amines is 1. The molecule has 0 bridgehead atoms. The van der Waals surface area contributed by atoms with Gasteiger partial charge in [0.05, 0.1) is 5.69 Å². The zero-order valence-corrected chi connectivity index (χ0v) is 10.8. The van der Waals surface area contributed by atoms with E-state index in [1.807, 2.05) is 12.1 Å². The standard InChI is InChI=1S/C15H18FN3/c16-13-3-1-11(2-4-13)9-14-10-15(19-18-14)12-5-7-17-8-6-12/h1-4,10,12,17H,5-9H2,(H,18,19). The van der Waals surface area contributed by atoms with Crippen LogP contribution in [0, 0.1) is 5.82 Å². The van der Waals surface area contributed by atoms with Gasteiger partial charge in [0.2, 0.25) is 0 Å². The maximum Gasteiger partial charge on any atom is 0.123 e. The predicted molar refractivity (Wildman–Crippen MR) is 72.6 cm³/mol. The third-order valence-electron chi connectivity index (χ3n) is 3.72. The van der Waals surface area contributed by atoms with Gasteiger partial charge >= 0.3 is 0 Å². The van der Waals surface area contributed by atoms with E-state index in [1.54, 1.807) is 0 Å². The fraction of sp³-hybridized carbons (Fsp3) is 0.400. The number of nitrogens with zero attached hydrogens (tertiary/aromatic N) is 1. The SMILES string of the molecule is Fc1ccc(Cc2cc(C3CCNCC3)n[nH]2)cc1. The van der Waals surface area contributed by atoms with Crippen LogP contribution in [0.15, 0.2) is 30.3 Å². The molecular formula is C15H18FN3. The molecule has 3 nitrogen and oxygen atoms in total. The van der Waals surface area contributed by atoms with E-state index in [9.17, 15) is 4.39 Å². The summed E-state index contributed by atoms with van der Waals surface area (Å²) in [6, 6.07) is 8.79. The summed E-state index contributed by atoms with van der Waals surface area (Å²) in [6.45, 7) is 2.15. The first-order chi connectivity index (χ1) is 9.31. The van der Waals surface area contributed by atoms with E-state index < -0.39 is 0 Å². The molecule has 0 amide bonds. The molecule has 1 saturated heterocycles. The Kier molecular flexibility index (Phi) is 3.60. The second-order valence-corrected chi connectivity index (χ2v) is 5.15. The third-order valence-corrected chi connectivity index (χ3v) is 3.72. The Bertz CT molecular complexity index is 527. The molecule has 0 atom stereocenters. The molecule has 1 aromatic carbocycles. The molecule has 1 aromatic heterocycles. The van der Waals surface area contributed by atoms with Crippen LogP contribution < -0.4 is 5.32 Å². The van der Waals surface area contributed by atoms with E-state index >= 15 is 0 Å². The van der Waals surface area contributed by atoms with E-state index in [4.69, 9.17) is 0 Å². The lowest BCUT2D eigenvalue weighted by atomic mass is 9.94. The number of hydrogen-bond donors (Lipinski definition) is 2. The lowest BCUT2D eigenvalue weighted by Gasteiger charge is -2.20. The Hall–Kier alpha value is -1.68. The van der Waals surface area contributed by atoms with Crippen molar-refractivity contribution in [1.82, 2.24) is 15.5 Å². The normalized spacial score (nSPS) is 16.7. The molecule has 0 radical (unpaired) electrons. The minimum absolute atomic E-state index is 0.191. The Morgan fingerprint density at radius 2 is 1.89 bits per heavy atom. The van der Waals surface area contributed by atoms with Crippen molar-refractivity contribution in [2.24, 2.45) is 0 Å². The Labute approximate surface area is 112 Å². The molecule has 0 aliphatic carbocycles. The van der Waals surface area contributed by atoms with Crippen LogP contribution in [0.2, 0.25) is 0 Å². The van der Waals surface area contributed by atoms with Crippen LogP contribution >= 0.6 is 0 Å². The van der Waals surface area contributed by atoms with Gasteiger partial charge in [-0.3, -0.25) is 5.10 Å². The fourth-order valence-corrected chi connectivity index (χ4v) is 2.62. The summed E-state index contributed by atoms with van der Waals surface area (Å²) in [5.41, 5.74) is 3.36. The minimum Gasteiger partial charge on any atom is -0.317 e. The highest BCUT2D eigenvalue weighted by molar-refractivity contribution is 5.24. The molecule has 1 aliphatic rings. The molecule has 1 fully saturated rings. The van der Waals surface area contributed by atoms with Crippen molar-refractivity contribution >= 4 is 0 Å². The lowest BCUT2D eigenvalue weighted by molar-refractivity contribution is 0.453. The number of piperidine rings is 1. The topological polar surface area (TPSA) is 40.7 Å². The van der Waals surface area contributed by atoms with Crippen LogP contribution in [0.3, 0.4) is 0 Å². The first-order valence-corrected chi connectivity index (χ1v) is 6.80. The van der Waals surface area contributed by atoms with Crippen molar-refractivity contribution in [1.29, 1.82) is 0 Å². The smallest absolute Gasteiger partial charge is 0.123 e. The van der Waals surface area contributed by atoms with Crippen molar-refractivity contribution in [3.05, 3.63) is 53.1 Å². The summed E-state index contributed by atoms with van der Waals surface area (Å²) in [6.07, 6.45) is 3.08. The summed E-state index contributed by atoms with van der Waals surface area (Å²) < 4.78 is 12.8. The van der Waals surface area contributed by atoms with Crippen LogP contribution in [0.5, 0.6) is 0 Å². The van der Waals surface area contributed by atoms with Crippen LogP contribution in [0.4, 0.5) is 4.39 Å². The highest BCUT2D eigenvalue weighted by atomic mass is 19.1. The quantitative estimate of drug-likeness (QED) is 0.889. The molecule has 2 aromatic rings. The molecule has 3 rings (SSSR count). The molecule has 2 heterocycles. The third kappa shape index (κ3) is 3.01. The summed E-state index contributed by atoms with van der Waals surface area (Å²) in [7, 11) is 0. The molecule has 0 spiro atoms. The highest BCUT2D eigenvalue weighted by Gasteiger charge is 2.17. The molecule has 0 unspecified atom stereocenters. The monoisotopic (exact) mass is 259 g/mol. The van der Waals surface area contributed by atoms with Crippen molar-refractivity contribution in [3.8, 4) is 0 Å². The zero-order valence-electron chi connectivity index (χ0n) is 10.8. The van der Waals surface area contributed by atoms with Crippen molar-refractivity contribution < 1.29 is 4.39 Å². The Balaban J connectivity index is 1.68. The van der Waals surface area contributed by atoms with Crippen LogP contribution in [0.1, 0.15) is 35.7 Å². The van der Waals surface area contributed by atoms with Crippen molar-refractivity contribution in [3.63, 3.8) is 0 Å². The maximum atomic E-state index is 12.8. The van der Waals surface area contributed by atoms with E-state index in [2.05, 4.69) is 21.6 Å². The molecule has 100 valence electrons. The molecule has 1 aliphatic heterocycles. The molecular weight excluding hydrogens is 241 g/mol. The summed E-state index contributed by atoms with van der Waals surface area (Å²) in [4.78, 5) is 0. The van der Waals surface area contributed by atoms with Gasteiger partial charge in [0.1, 0.15) is 5.82 Å². The van der Waals surface area contributed by atoms with E-state index in [0.29, 0.717) is 5.92 Å². The van der Waals surface area contributed by atoms with Gasteiger partial charge < -0.3 is 5.32 Å². The van der Waals surface area contributed by atoms with Crippen molar-refractivity contribution in [2.75, 3.05) is 13.1 Å². The average Bonchev–Trinajstić information content (AvgIpc) is 2.91. The number of halogens is 1. The Morgan fingerprint density at radius 1 is 1.16 bits per heavy atom. The van der Waals surface area contributed by atoms with Gasteiger partial charge in [0.15, 0.2) is 0 Å². The fourth-order valence-electron chi connectivity index (χ4n) is 2.62. The first-order valence-electron chi connectivity index (χ1n) is 6.80. The minimum atomic E-state index is -0.191. The highest BCUT2D eigenvalue weighted by Crippen LogP contribution is 2.24. The number of aromatic nitrogens is 2. The van der Waals surface area contributed by atoms with Gasteiger partial charge in [-0.2, -0.15) is 5.10 Å². The number of benzene rings is 1. The van der Waals surface area contributed by atoms with E-state index in [-0.39, 0.29) is 5.82 Å². The summed E-state index contributed by atoms with van der Waals surface area (Å²) in [5, 5.41) is 10.9. The van der Waals surface area contributed by atoms with Gasteiger partial charge in [-0.15, -0.1) is 0 Å². The number of hydrogen-bond acceptors (Lipinski definition) is 2. The van der Waals surface area contributed by atoms with Gasteiger partial charge in [-0.1, -0.05) is 12.1 Å².